The van der Waals surface area contributed by atoms with Crippen LogP contribution in [0, 0.1) is 6.92 Å². The Morgan fingerprint density at radius 3 is 2.33 bits per heavy atom. The molecular weight excluding hydrogens is 312 g/mol. The van der Waals surface area contributed by atoms with Gasteiger partial charge in [0.15, 0.2) is 0 Å². The number of methoxy groups -OCH3 is 1. The topological polar surface area (TPSA) is 115 Å². The van der Waals surface area contributed by atoms with Crippen LogP contribution < -0.4 is 10.5 Å². The molecule has 1 heterocycles. The van der Waals surface area contributed by atoms with Crippen LogP contribution in [0.25, 0.3) is 10.9 Å². The zero-order valence-electron chi connectivity index (χ0n) is 13.9. The molecule has 0 aliphatic heterocycles. The highest BCUT2D eigenvalue weighted by molar-refractivity contribution is 5.90. The van der Waals surface area contributed by atoms with E-state index in [2.05, 4.69) is 29.7 Å². The highest BCUT2D eigenvalue weighted by Crippen LogP contribution is 2.30. The third kappa shape index (κ3) is 5.44. The number of ether oxygens (including phenoxy) is 1. The van der Waals surface area contributed by atoms with Crippen LogP contribution in [0.15, 0.2) is 36.5 Å². The predicted octanol–water partition coefficient (Wildman–Crippen LogP) is 2.02. The quantitative estimate of drug-likeness (QED) is 0.721. The van der Waals surface area contributed by atoms with Gasteiger partial charge in [0.25, 0.3) is 0 Å². The second-order valence-corrected chi connectivity index (χ2v) is 5.31. The van der Waals surface area contributed by atoms with E-state index in [1.54, 1.807) is 7.11 Å². The second kappa shape index (κ2) is 8.73. The second-order valence-electron chi connectivity index (χ2n) is 5.31. The number of rotatable bonds is 5. The van der Waals surface area contributed by atoms with Crippen molar-refractivity contribution in [3.05, 3.63) is 42.1 Å². The van der Waals surface area contributed by atoms with E-state index in [-0.39, 0.29) is 6.04 Å². The van der Waals surface area contributed by atoms with Crippen molar-refractivity contribution >= 4 is 22.8 Å². The number of aliphatic carboxylic acids is 2. The number of aryl methyl sites for hydroxylation is 1. The van der Waals surface area contributed by atoms with Gasteiger partial charge in [-0.25, -0.2) is 9.59 Å². The number of fused-ring (bicyclic) bond motifs is 1. The summed E-state index contributed by atoms with van der Waals surface area (Å²) in [6.07, 6.45) is 3.14. The van der Waals surface area contributed by atoms with Crippen LogP contribution in [0.1, 0.15) is 12.5 Å². The van der Waals surface area contributed by atoms with E-state index in [0.717, 1.165) is 12.3 Å². The Kier molecular flexibility index (Phi) is 7.00. The Morgan fingerprint density at radius 1 is 1.29 bits per heavy atom. The molecule has 7 heteroatoms. The lowest BCUT2D eigenvalue weighted by Gasteiger charge is -2.08. The maximum absolute atomic E-state index is 9.55. The van der Waals surface area contributed by atoms with Crippen LogP contribution in [0.4, 0.5) is 0 Å². The van der Waals surface area contributed by atoms with Crippen LogP contribution in [-0.2, 0) is 16.1 Å². The van der Waals surface area contributed by atoms with E-state index >= 15 is 0 Å². The maximum Gasteiger partial charge on any atom is 0.328 e. The number of aromatic nitrogens is 1. The van der Waals surface area contributed by atoms with Crippen LogP contribution in [0.3, 0.4) is 0 Å². The summed E-state index contributed by atoms with van der Waals surface area (Å²) in [7, 11) is 1.71. The van der Waals surface area contributed by atoms with Crippen molar-refractivity contribution in [2.24, 2.45) is 5.73 Å². The van der Waals surface area contributed by atoms with Gasteiger partial charge in [-0.3, -0.25) is 0 Å². The van der Waals surface area contributed by atoms with E-state index in [0.29, 0.717) is 12.2 Å². The molecule has 0 aliphatic rings. The van der Waals surface area contributed by atoms with E-state index in [1.165, 1.54) is 16.5 Å². The van der Waals surface area contributed by atoms with E-state index in [4.69, 9.17) is 20.7 Å². The number of hydrogen-bond acceptors (Lipinski definition) is 4. The Bertz CT molecular complexity index is 731. The molecule has 1 aromatic heterocycles. The van der Waals surface area contributed by atoms with Gasteiger partial charge in [-0.2, -0.15) is 0 Å². The van der Waals surface area contributed by atoms with Gasteiger partial charge in [0.1, 0.15) is 5.75 Å². The van der Waals surface area contributed by atoms with Gasteiger partial charge < -0.3 is 25.3 Å². The molecule has 2 rings (SSSR count). The van der Waals surface area contributed by atoms with Crippen LogP contribution >= 0.6 is 0 Å². The Hall–Kier alpha value is -2.80. The molecule has 0 aliphatic carbocycles. The molecule has 7 nitrogen and oxygen atoms in total. The summed E-state index contributed by atoms with van der Waals surface area (Å²) in [5, 5.41) is 16.8. The first-order valence-electron chi connectivity index (χ1n) is 7.28. The number of carboxylic acid groups (broad SMARTS) is 2. The molecule has 24 heavy (non-hydrogen) atoms. The summed E-state index contributed by atoms with van der Waals surface area (Å²) < 4.78 is 7.57. The molecule has 1 aromatic carbocycles. The molecule has 0 bridgehead atoms. The Labute approximate surface area is 139 Å². The SMILES string of the molecule is COc1cn(C[C@H](C)N)c2cccc(C)c12.O=C(O)/C=C/C(=O)O. The fraction of sp³-hybridized carbons (Fsp3) is 0.294. The van der Waals surface area contributed by atoms with Crippen LogP contribution in [-0.4, -0.2) is 39.9 Å². The van der Waals surface area contributed by atoms with Crippen LogP contribution in [0.2, 0.25) is 0 Å². The molecule has 130 valence electrons. The van der Waals surface area contributed by atoms with E-state index < -0.39 is 11.9 Å². The van der Waals surface area contributed by atoms with Gasteiger partial charge in [0, 0.05) is 36.3 Å². The summed E-state index contributed by atoms with van der Waals surface area (Å²) in [5.41, 5.74) is 8.27. The standard InChI is InChI=1S/C13H18N2O.C4H4O4/c1-9-5-4-6-11-13(9)12(16-3)8-15(11)7-10(2)14;5-3(6)1-2-4(7)8/h4-6,8,10H,7,14H2,1-3H3;1-2H,(H,5,6)(H,7,8)/b;2-1+/t10-;/m0./s1. The summed E-state index contributed by atoms with van der Waals surface area (Å²) in [6.45, 7) is 4.92. The molecule has 4 N–H and O–H groups in total. The van der Waals surface area contributed by atoms with Crippen molar-refractivity contribution < 1.29 is 24.5 Å². The summed E-state index contributed by atoms with van der Waals surface area (Å²) in [6, 6.07) is 6.41. The van der Waals surface area contributed by atoms with Gasteiger partial charge in [0.05, 0.1) is 12.6 Å². The minimum Gasteiger partial charge on any atom is -0.495 e. The largest absolute Gasteiger partial charge is 0.495 e. The van der Waals surface area contributed by atoms with Gasteiger partial charge in [-0.1, -0.05) is 12.1 Å². The van der Waals surface area contributed by atoms with Crippen molar-refractivity contribution in [3.63, 3.8) is 0 Å². The lowest BCUT2D eigenvalue weighted by molar-refractivity contribution is -0.134. The molecule has 0 spiro atoms. The third-order valence-electron chi connectivity index (χ3n) is 3.15. The monoisotopic (exact) mass is 334 g/mol. The molecule has 0 saturated heterocycles. The highest BCUT2D eigenvalue weighted by atomic mass is 16.5. The van der Waals surface area contributed by atoms with E-state index in [1.807, 2.05) is 13.1 Å². The highest BCUT2D eigenvalue weighted by Gasteiger charge is 2.11. The molecule has 0 radical (unpaired) electrons. The number of nitrogens with zero attached hydrogens (tertiary/aromatic N) is 1. The Balaban J connectivity index is 0.000000307. The van der Waals surface area contributed by atoms with Crippen molar-refractivity contribution in [2.45, 2.75) is 26.4 Å². The number of nitrogens with two attached hydrogens (primary N) is 1. The lowest BCUT2D eigenvalue weighted by Crippen LogP contribution is -2.21. The van der Waals surface area contributed by atoms with Crippen molar-refractivity contribution in [1.82, 2.24) is 4.57 Å². The molecular formula is C17H22N2O5. The first kappa shape index (κ1) is 19.2. The summed E-state index contributed by atoms with van der Waals surface area (Å²) in [4.78, 5) is 19.1. The fourth-order valence-corrected chi connectivity index (χ4v) is 2.25. The average Bonchev–Trinajstić information content (AvgIpc) is 2.84. The fourth-order valence-electron chi connectivity index (χ4n) is 2.25. The summed E-state index contributed by atoms with van der Waals surface area (Å²) >= 11 is 0. The molecule has 0 unspecified atom stereocenters. The van der Waals surface area contributed by atoms with Crippen LogP contribution in [0.5, 0.6) is 5.75 Å². The zero-order valence-corrected chi connectivity index (χ0v) is 13.9. The predicted molar refractivity (Wildman–Crippen MR) is 91.3 cm³/mol. The Morgan fingerprint density at radius 2 is 1.88 bits per heavy atom. The van der Waals surface area contributed by atoms with Crippen molar-refractivity contribution in [2.75, 3.05) is 7.11 Å². The number of benzene rings is 1. The number of hydrogen-bond donors (Lipinski definition) is 3. The van der Waals surface area contributed by atoms with Gasteiger partial charge >= 0.3 is 11.9 Å². The molecule has 0 fully saturated rings. The van der Waals surface area contributed by atoms with E-state index in [9.17, 15) is 9.59 Å². The summed E-state index contributed by atoms with van der Waals surface area (Å²) in [5.74, 6) is -1.59. The molecule has 0 amide bonds. The average molecular weight is 334 g/mol. The maximum atomic E-state index is 9.55. The van der Waals surface area contributed by atoms with Gasteiger partial charge in [0.2, 0.25) is 0 Å². The minimum absolute atomic E-state index is 0.140. The molecule has 2 aromatic rings. The van der Waals surface area contributed by atoms with Gasteiger partial charge in [-0.15, -0.1) is 0 Å². The lowest BCUT2D eigenvalue weighted by atomic mass is 10.1. The first-order valence-corrected chi connectivity index (χ1v) is 7.28. The molecule has 1 atom stereocenters. The number of carboxylic acids is 2. The van der Waals surface area contributed by atoms with Crippen molar-refractivity contribution in [3.8, 4) is 5.75 Å². The van der Waals surface area contributed by atoms with Crippen molar-refractivity contribution in [1.29, 1.82) is 0 Å². The minimum atomic E-state index is -1.26. The zero-order chi connectivity index (χ0) is 18.3. The smallest absolute Gasteiger partial charge is 0.328 e. The third-order valence-corrected chi connectivity index (χ3v) is 3.15. The first-order chi connectivity index (χ1) is 11.3. The molecule has 0 saturated carbocycles. The normalized spacial score (nSPS) is 11.8. The van der Waals surface area contributed by atoms with Gasteiger partial charge in [-0.05, 0) is 25.5 Å². The number of carbonyl (C=O) groups is 2.